The van der Waals surface area contributed by atoms with Gasteiger partial charge in [-0.3, -0.25) is 33.8 Å². The molecule has 1 saturated heterocycles. The molecule has 1 aliphatic heterocycles. The van der Waals surface area contributed by atoms with Gasteiger partial charge in [-0.05, 0) is 38.9 Å². The third-order valence-corrected chi connectivity index (χ3v) is 8.79. The molecule has 12 nitrogen and oxygen atoms in total. The number of morpholine rings is 1. The normalized spacial score (nSPS) is 33.0. The number of rotatable bonds is 5. The number of aliphatic hydroxyl groups is 1. The highest BCUT2D eigenvalue weighted by Gasteiger charge is 2.69. The van der Waals surface area contributed by atoms with Crippen LogP contribution in [0.4, 0.5) is 0 Å². The summed E-state index contributed by atoms with van der Waals surface area (Å²) in [7, 11) is 4.57. The summed E-state index contributed by atoms with van der Waals surface area (Å²) >= 11 is 0. The number of primary amides is 1. The maximum absolute atomic E-state index is 13.9. The number of ether oxygens (including phenoxy) is 2. The van der Waals surface area contributed by atoms with Crippen LogP contribution in [0.15, 0.2) is 6.07 Å². The van der Waals surface area contributed by atoms with Gasteiger partial charge in [0.25, 0.3) is 0 Å². The van der Waals surface area contributed by atoms with E-state index in [1.807, 2.05) is 0 Å². The van der Waals surface area contributed by atoms with Gasteiger partial charge in [0.15, 0.2) is 34.7 Å². The first-order valence-corrected chi connectivity index (χ1v) is 13.0. The summed E-state index contributed by atoms with van der Waals surface area (Å²) in [6.45, 7) is 3.00. The molecule has 6 atom stereocenters. The van der Waals surface area contributed by atoms with Gasteiger partial charge < -0.3 is 25.4 Å². The Bertz CT molecular complexity index is 1270. The molecule has 5 rings (SSSR count). The van der Waals surface area contributed by atoms with Crippen molar-refractivity contribution in [3.8, 4) is 11.5 Å². The van der Waals surface area contributed by atoms with Crippen LogP contribution in [0.2, 0.25) is 0 Å². The van der Waals surface area contributed by atoms with Crippen LogP contribution >= 0.6 is 0 Å². The second-order valence-electron chi connectivity index (χ2n) is 11.1. The number of nitrogens with zero attached hydrogens (tertiary/aromatic N) is 2. The highest BCUT2D eigenvalue weighted by Crippen LogP contribution is 2.52. The molecule has 1 aromatic carbocycles. The van der Waals surface area contributed by atoms with E-state index in [4.69, 9.17) is 15.2 Å². The Hall–Kier alpha value is -3.19. The SMILES string of the molecule is COc1c(CN2CCOCC2)cc(O)c2c1C[C@H]1C[C@H]3[C@H](N(C)C)C(=O)C(C(N)=O)C(=O)[C@@]3(O)C(=O)C1C2=O. The molecule has 1 amide bonds. The Morgan fingerprint density at radius 3 is 2.46 bits per heavy atom. The average Bonchev–Trinajstić information content (AvgIpc) is 2.86. The number of phenols is 1. The molecule has 1 aromatic rings. The van der Waals surface area contributed by atoms with E-state index in [2.05, 4.69) is 4.90 Å². The lowest BCUT2D eigenvalue weighted by atomic mass is 9.52. The maximum atomic E-state index is 13.9. The molecule has 2 unspecified atom stereocenters. The summed E-state index contributed by atoms with van der Waals surface area (Å²) < 4.78 is 11.1. The second kappa shape index (κ2) is 9.77. The number of ketones is 4. The summed E-state index contributed by atoms with van der Waals surface area (Å²) in [5.74, 6) is -10.3. The maximum Gasteiger partial charge on any atom is 0.235 e. The van der Waals surface area contributed by atoms with Crippen molar-refractivity contribution in [3.63, 3.8) is 0 Å². The minimum absolute atomic E-state index is 0.0124. The van der Waals surface area contributed by atoms with E-state index in [-0.39, 0.29) is 24.2 Å². The number of phenolic OH excluding ortho intramolecular Hbond substituents is 1. The predicted molar refractivity (Wildman–Crippen MR) is 134 cm³/mol. The summed E-state index contributed by atoms with van der Waals surface area (Å²) in [4.78, 5) is 69.9. The highest BCUT2D eigenvalue weighted by molar-refractivity contribution is 6.32. The first kappa shape index (κ1) is 27.4. The van der Waals surface area contributed by atoms with E-state index < -0.39 is 64.4 Å². The number of amides is 1. The van der Waals surface area contributed by atoms with Crippen molar-refractivity contribution in [2.24, 2.45) is 29.4 Å². The lowest BCUT2D eigenvalue weighted by molar-refractivity contribution is -0.181. The van der Waals surface area contributed by atoms with Crippen molar-refractivity contribution < 1.29 is 43.7 Å². The van der Waals surface area contributed by atoms with Gasteiger partial charge in [-0.15, -0.1) is 0 Å². The fourth-order valence-corrected chi connectivity index (χ4v) is 7.09. The van der Waals surface area contributed by atoms with Crippen molar-refractivity contribution in [1.82, 2.24) is 9.80 Å². The van der Waals surface area contributed by atoms with Crippen LogP contribution in [0.1, 0.15) is 27.9 Å². The zero-order valence-electron chi connectivity index (χ0n) is 22.1. The van der Waals surface area contributed by atoms with E-state index in [1.54, 1.807) is 14.1 Å². The van der Waals surface area contributed by atoms with E-state index in [0.717, 1.165) is 0 Å². The molecular formula is C27H33N3O9. The zero-order chi connectivity index (χ0) is 28.4. The Labute approximate surface area is 225 Å². The fourth-order valence-electron chi connectivity index (χ4n) is 7.09. The summed E-state index contributed by atoms with van der Waals surface area (Å²) in [6.07, 6.45) is 0.140. The number of fused-ring (bicyclic) bond motifs is 3. The molecule has 12 heteroatoms. The van der Waals surface area contributed by atoms with Crippen LogP contribution in [0.3, 0.4) is 0 Å². The third kappa shape index (κ3) is 4.00. The van der Waals surface area contributed by atoms with Crippen molar-refractivity contribution in [1.29, 1.82) is 0 Å². The number of hydrogen-bond donors (Lipinski definition) is 3. The van der Waals surface area contributed by atoms with Gasteiger partial charge in [0.05, 0.1) is 37.8 Å². The van der Waals surface area contributed by atoms with Crippen LogP contribution in [-0.2, 0) is 36.9 Å². The van der Waals surface area contributed by atoms with Crippen LogP contribution in [-0.4, -0.2) is 108 Å². The quantitative estimate of drug-likeness (QED) is 0.377. The third-order valence-electron chi connectivity index (χ3n) is 8.79. The van der Waals surface area contributed by atoms with Gasteiger partial charge in [0.1, 0.15) is 11.5 Å². The molecular weight excluding hydrogens is 510 g/mol. The summed E-state index contributed by atoms with van der Waals surface area (Å²) in [5, 5.41) is 22.6. The van der Waals surface area contributed by atoms with E-state index in [9.17, 15) is 34.2 Å². The highest BCUT2D eigenvalue weighted by atomic mass is 16.5. The molecule has 0 aromatic heterocycles. The number of methoxy groups -OCH3 is 1. The molecule has 3 fully saturated rings. The lowest BCUT2D eigenvalue weighted by Crippen LogP contribution is -2.74. The number of carbonyl (C=O) groups excluding carboxylic acids is 5. The molecule has 1 heterocycles. The molecule has 0 bridgehead atoms. The van der Waals surface area contributed by atoms with E-state index >= 15 is 0 Å². The van der Waals surface area contributed by atoms with Gasteiger partial charge in [0.2, 0.25) is 5.91 Å². The second-order valence-corrected chi connectivity index (χ2v) is 11.1. The van der Waals surface area contributed by atoms with Crippen molar-refractivity contribution in [3.05, 3.63) is 22.8 Å². The van der Waals surface area contributed by atoms with Crippen LogP contribution < -0.4 is 10.5 Å². The predicted octanol–water partition coefficient (Wildman–Crippen LogP) is -1.29. The van der Waals surface area contributed by atoms with Gasteiger partial charge in [0, 0.05) is 36.7 Å². The average molecular weight is 544 g/mol. The van der Waals surface area contributed by atoms with Crippen molar-refractivity contribution >= 4 is 29.0 Å². The number of nitrogens with two attached hydrogens (primary N) is 1. The van der Waals surface area contributed by atoms with Crippen LogP contribution in [0.25, 0.3) is 0 Å². The molecule has 210 valence electrons. The monoisotopic (exact) mass is 543 g/mol. The number of hydrogen-bond acceptors (Lipinski definition) is 11. The first-order chi connectivity index (χ1) is 18.4. The van der Waals surface area contributed by atoms with E-state index in [1.165, 1.54) is 18.1 Å². The summed E-state index contributed by atoms with van der Waals surface area (Å²) in [6, 6.07) is 0.306. The fraction of sp³-hybridized carbons (Fsp3) is 0.593. The largest absolute Gasteiger partial charge is 0.507 e. The number of Topliss-reactive ketones (excluding diaryl/α,β-unsaturated/α-hetero) is 4. The van der Waals surface area contributed by atoms with Crippen LogP contribution in [0.5, 0.6) is 11.5 Å². The van der Waals surface area contributed by atoms with Crippen molar-refractivity contribution in [2.45, 2.75) is 31.0 Å². The van der Waals surface area contributed by atoms with Gasteiger partial charge in [-0.1, -0.05) is 0 Å². The smallest absolute Gasteiger partial charge is 0.235 e. The topological polar surface area (TPSA) is 177 Å². The number of benzene rings is 1. The molecule has 0 spiro atoms. The van der Waals surface area contributed by atoms with E-state index in [0.29, 0.717) is 49.7 Å². The number of carbonyl (C=O) groups is 5. The molecule has 0 radical (unpaired) electrons. The standard InChI is InChI=1S/C27H33N3O9/c1-29(2)20-15-9-12-8-14-18(16(31)10-13(23(14)38-3)11-30-4-6-39-7-5-30)21(32)17(12)24(34)27(15,37)25(35)19(22(20)33)26(28)36/h10,12,15,17,19-20,31,37H,4-9,11H2,1-3H3,(H2,28,36)/t12-,15-,17?,19?,20-,27-/m0/s1. The Balaban J connectivity index is 1.59. The summed E-state index contributed by atoms with van der Waals surface area (Å²) in [5.41, 5.74) is 3.66. The molecule has 2 saturated carbocycles. The zero-order valence-corrected chi connectivity index (χ0v) is 22.1. The van der Waals surface area contributed by atoms with Gasteiger partial charge in [-0.25, -0.2) is 0 Å². The molecule has 3 aliphatic carbocycles. The molecule has 39 heavy (non-hydrogen) atoms. The minimum atomic E-state index is -2.74. The molecule has 4 N–H and O–H groups in total. The lowest BCUT2D eigenvalue weighted by Gasteiger charge is -2.52. The van der Waals surface area contributed by atoms with Crippen LogP contribution in [0, 0.1) is 23.7 Å². The Morgan fingerprint density at radius 2 is 1.87 bits per heavy atom. The first-order valence-electron chi connectivity index (χ1n) is 13.0. The van der Waals surface area contributed by atoms with Gasteiger partial charge in [-0.2, -0.15) is 0 Å². The Morgan fingerprint density at radius 1 is 1.21 bits per heavy atom. The number of aromatic hydroxyl groups is 1. The van der Waals surface area contributed by atoms with Gasteiger partial charge >= 0.3 is 0 Å². The van der Waals surface area contributed by atoms with Crippen molar-refractivity contribution in [2.75, 3.05) is 47.5 Å². The molecule has 4 aliphatic rings. The number of likely N-dealkylation sites (N-methyl/N-ethyl adjacent to an activating group) is 1. The minimum Gasteiger partial charge on any atom is -0.507 e. The Kier molecular flexibility index (Phi) is 6.86.